The van der Waals surface area contributed by atoms with Gasteiger partial charge in [0.15, 0.2) is 0 Å². The number of piperazine rings is 1. The Morgan fingerprint density at radius 3 is 2.57 bits per heavy atom. The molecule has 0 radical (unpaired) electrons. The molecule has 4 heteroatoms. The second-order valence-electron chi connectivity index (χ2n) is 6.02. The molecule has 1 aromatic carbocycles. The molecule has 114 valence electrons. The standard InChI is InChI=1S/C17H24N2O2/c20-17(16-4-2-1-3-5-16)19-11-9-18(10-12-19)8-6-15-7-13-21-14-15/h1-5,15H,6-14H2. The number of hydrogen-bond donors (Lipinski definition) is 0. The van der Waals surface area contributed by atoms with Gasteiger partial charge in [0.1, 0.15) is 0 Å². The van der Waals surface area contributed by atoms with E-state index in [1.165, 1.54) is 12.8 Å². The summed E-state index contributed by atoms with van der Waals surface area (Å²) in [5, 5.41) is 0. The van der Waals surface area contributed by atoms with Gasteiger partial charge in [0.05, 0.1) is 0 Å². The smallest absolute Gasteiger partial charge is 0.253 e. The topological polar surface area (TPSA) is 32.8 Å². The minimum atomic E-state index is 0.166. The average Bonchev–Trinajstić information content (AvgIpc) is 3.07. The molecular weight excluding hydrogens is 264 g/mol. The summed E-state index contributed by atoms with van der Waals surface area (Å²) in [7, 11) is 0. The van der Waals surface area contributed by atoms with Crippen LogP contribution in [0.15, 0.2) is 30.3 Å². The van der Waals surface area contributed by atoms with Gasteiger partial charge in [-0.1, -0.05) is 18.2 Å². The van der Waals surface area contributed by atoms with Crippen molar-refractivity contribution in [1.29, 1.82) is 0 Å². The number of carbonyl (C=O) groups is 1. The number of benzene rings is 1. The first kappa shape index (κ1) is 14.5. The molecule has 1 atom stereocenters. The Kier molecular flexibility index (Phi) is 4.88. The minimum absolute atomic E-state index is 0.166. The van der Waals surface area contributed by atoms with E-state index in [9.17, 15) is 4.79 Å². The fraction of sp³-hybridized carbons (Fsp3) is 0.588. The Morgan fingerprint density at radius 2 is 1.90 bits per heavy atom. The van der Waals surface area contributed by atoms with Crippen molar-refractivity contribution in [1.82, 2.24) is 9.80 Å². The molecule has 0 bridgehead atoms. The molecule has 3 rings (SSSR count). The molecular formula is C17H24N2O2. The van der Waals surface area contributed by atoms with E-state index in [0.29, 0.717) is 0 Å². The zero-order valence-electron chi connectivity index (χ0n) is 12.5. The summed E-state index contributed by atoms with van der Waals surface area (Å²) in [6.07, 6.45) is 2.44. The van der Waals surface area contributed by atoms with Crippen LogP contribution in [0.2, 0.25) is 0 Å². The molecule has 21 heavy (non-hydrogen) atoms. The predicted octanol–water partition coefficient (Wildman–Crippen LogP) is 1.87. The Bertz CT molecular complexity index is 449. The summed E-state index contributed by atoms with van der Waals surface area (Å²) in [5.41, 5.74) is 0.800. The molecule has 2 saturated heterocycles. The van der Waals surface area contributed by atoms with Gasteiger partial charge in [-0.3, -0.25) is 9.69 Å². The zero-order valence-corrected chi connectivity index (χ0v) is 12.5. The highest BCUT2D eigenvalue weighted by atomic mass is 16.5. The number of hydrogen-bond acceptors (Lipinski definition) is 3. The molecule has 0 spiro atoms. The van der Waals surface area contributed by atoms with Crippen LogP contribution in [0.25, 0.3) is 0 Å². The molecule has 0 N–H and O–H groups in total. The first-order chi connectivity index (χ1) is 10.3. The van der Waals surface area contributed by atoms with Crippen LogP contribution in [0.1, 0.15) is 23.2 Å². The average molecular weight is 288 g/mol. The van der Waals surface area contributed by atoms with Crippen molar-refractivity contribution in [2.75, 3.05) is 45.9 Å². The summed E-state index contributed by atoms with van der Waals surface area (Å²) < 4.78 is 5.42. The Morgan fingerprint density at radius 1 is 1.14 bits per heavy atom. The number of nitrogens with zero attached hydrogens (tertiary/aromatic N) is 2. The van der Waals surface area contributed by atoms with Gasteiger partial charge in [-0.2, -0.15) is 0 Å². The zero-order chi connectivity index (χ0) is 14.5. The summed E-state index contributed by atoms with van der Waals surface area (Å²) in [6.45, 7) is 6.68. The Labute approximate surface area is 126 Å². The van der Waals surface area contributed by atoms with Gasteiger partial charge in [0.25, 0.3) is 5.91 Å². The fourth-order valence-corrected chi connectivity index (χ4v) is 3.11. The molecule has 2 heterocycles. The van der Waals surface area contributed by atoms with Gasteiger partial charge in [0.2, 0.25) is 0 Å². The maximum Gasteiger partial charge on any atom is 0.253 e. The molecule has 1 amide bonds. The molecule has 4 nitrogen and oxygen atoms in total. The summed E-state index contributed by atoms with van der Waals surface area (Å²) in [6, 6.07) is 9.59. The highest BCUT2D eigenvalue weighted by molar-refractivity contribution is 5.94. The van der Waals surface area contributed by atoms with Crippen molar-refractivity contribution < 1.29 is 9.53 Å². The summed E-state index contributed by atoms with van der Waals surface area (Å²) in [4.78, 5) is 16.8. The highest BCUT2D eigenvalue weighted by Crippen LogP contribution is 2.17. The van der Waals surface area contributed by atoms with E-state index in [-0.39, 0.29) is 5.91 Å². The van der Waals surface area contributed by atoms with Gasteiger partial charge in [-0.25, -0.2) is 0 Å². The maximum absolute atomic E-state index is 12.4. The van der Waals surface area contributed by atoms with E-state index in [1.807, 2.05) is 35.2 Å². The second kappa shape index (κ2) is 7.05. The minimum Gasteiger partial charge on any atom is -0.381 e. The van der Waals surface area contributed by atoms with Crippen molar-refractivity contribution in [2.24, 2.45) is 5.92 Å². The predicted molar refractivity (Wildman–Crippen MR) is 82.3 cm³/mol. The van der Waals surface area contributed by atoms with Crippen LogP contribution in [0.3, 0.4) is 0 Å². The van der Waals surface area contributed by atoms with Crippen LogP contribution in [0, 0.1) is 5.92 Å². The number of ether oxygens (including phenoxy) is 1. The number of rotatable bonds is 4. The lowest BCUT2D eigenvalue weighted by atomic mass is 10.0. The lowest BCUT2D eigenvalue weighted by Gasteiger charge is -2.35. The Balaban J connectivity index is 1.43. The van der Waals surface area contributed by atoms with Crippen molar-refractivity contribution in [3.63, 3.8) is 0 Å². The third-order valence-electron chi connectivity index (χ3n) is 4.56. The molecule has 2 aliphatic heterocycles. The first-order valence-electron chi connectivity index (χ1n) is 7.97. The van der Waals surface area contributed by atoms with Crippen molar-refractivity contribution >= 4 is 5.91 Å². The van der Waals surface area contributed by atoms with E-state index in [4.69, 9.17) is 4.74 Å². The van der Waals surface area contributed by atoms with Crippen LogP contribution in [0.4, 0.5) is 0 Å². The summed E-state index contributed by atoms with van der Waals surface area (Å²) >= 11 is 0. The van der Waals surface area contributed by atoms with Gasteiger partial charge in [-0.15, -0.1) is 0 Å². The molecule has 1 unspecified atom stereocenters. The molecule has 2 aliphatic rings. The molecule has 0 saturated carbocycles. The maximum atomic E-state index is 12.4. The Hall–Kier alpha value is -1.39. The first-order valence-corrected chi connectivity index (χ1v) is 7.97. The summed E-state index contributed by atoms with van der Waals surface area (Å²) in [5.74, 6) is 0.911. The fourth-order valence-electron chi connectivity index (χ4n) is 3.11. The monoisotopic (exact) mass is 288 g/mol. The van der Waals surface area contributed by atoms with Crippen LogP contribution in [-0.4, -0.2) is 61.6 Å². The van der Waals surface area contributed by atoms with Crippen LogP contribution >= 0.6 is 0 Å². The quantitative estimate of drug-likeness (QED) is 0.848. The SMILES string of the molecule is O=C(c1ccccc1)N1CCN(CCC2CCOC2)CC1. The van der Waals surface area contributed by atoms with E-state index >= 15 is 0 Å². The van der Waals surface area contributed by atoms with Gasteiger partial charge >= 0.3 is 0 Å². The van der Waals surface area contributed by atoms with Crippen molar-refractivity contribution in [3.05, 3.63) is 35.9 Å². The number of amides is 1. The largest absolute Gasteiger partial charge is 0.381 e. The van der Waals surface area contributed by atoms with E-state index < -0.39 is 0 Å². The molecule has 0 aromatic heterocycles. The van der Waals surface area contributed by atoms with E-state index in [2.05, 4.69) is 4.90 Å². The lowest BCUT2D eigenvalue weighted by molar-refractivity contribution is 0.0629. The lowest BCUT2D eigenvalue weighted by Crippen LogP contribution is -2.49. The second-order valence-corrected chi connectivity index (χ2v) is 6.02. The van der Waals surface area contributed by atoms with Crippen molar-refractivity contribution in [3.8, 4) is 0 Å². The third-order valence-corrected chi connectivity index (χ3v) is 4.56. The normalized spacial score (nSPS) is 23.4. The van der Waals surface area contributed by atoms with E-state index in [0.717, 1.165) is 57.4 Å². The third kappa shape index (κ3) is 3.83. The highest BCUT2D eigenvalue weighted by Gasteiger charge is 2.23. The molecule has 2 fully saturated rings. The van der Waals surface area contributed by atoms with Gasteiger partial charge < -0.3 is 9.64 Å². The van der Waals surface area contributed by atoms with Gasteiger partial charge in [0, 0.05) is 45.0 Å². The van der Waals surface area contributed by atoms with Crippen molar-refractivity contribution in [2.45, 2.75) is 12.8 Å². The van der Waals surface area contributed by atoms with Crippen LogP contribution in [-0.2, 0) is 4.74 Å². The number of carbonyl (C=O) groups excluding carboxylic acids is 1. The molecule has 1 aromatic rings. The van der Waals surface area contributed by atoms with Gasteiger partial charge in [-0.05, 0) is 37.4 Å². The van der Waals surface area contributed by atoms with E-state index in [1.54, 1.807) is 0 Å². The molecule has 0 aliphatic carbocycles. The van der Waals surface area contributed by atoms with Crippen LogP contribution in [0.5, 0.6) is 0 Å². The van der Waals surface area contributed by atoms with Crippen LogP contribution < -0.4 is 0 Å².